The number of aliphatic carboxylic acids is 1. The third kappa shape index (κ3) is 22.3. The van der Waals surface area contributed by atoms with Gasteiger partial charge in [-0.25, -0.2) is 14.4 Å². The Balaban J connectivity index is 2.46. The smallest absolute Gasteiger partial charge is 0.412 e. The molecule has 324 valence electrons. The van der Waals surface area contributed by atoms with Crippen molar-refractivity contribution in [1.29, 1.82) is 0 Å². The van der Waals surface area contributed by atoms with Crippen molar-refractivity contribution in [2.24, 2.45) is 5.92 Å². The van der Waals surface area contributed by atoms with Gasteiger partial charge in [-0.05, 0) is 71.6 Å². The number of amides is 5. The molecule has 0 fully saturated rings. The van der Waals surface area contributed by atoms with Crippen LogP contribution in [0.5, 0.6) is 5.75 Å². The summed E-state index contributed by atoms with van der Waals surface area (Å²) in [6.45, 7) is 8.51. The maximum Gasteiger partial charge on any atom is 0.412 e. The second-order valence-corrected chi connectivity index (χ2v) is 15.5. The first-order valence-electron chi connectivity index (χ1n) is 18.9. The quantitative estimate of drug-likeness (QED) is 0.0553. The molecule has 0 radical (unpaired) electrons. The van der Waals surface area contributed by atoms with E-state index in [1.165, 1.54) is 23.9 Å². The molecule has 57 heavy (non-hydrogen) atoms. The molecule has 0 saturated carbocycles. The summed E-state index contributed by atoms with van der Waals surface area (Å²) < 4.78 is 26.8. The highest BCUT2D eigenvalue weighted by Crippen LogP contribution is 2.17. The standard InChI is InChI=1S/C37H61IN6O12S/c1-7-26(2)32(35(48)49)42-31(45)25-43(5)34(47)30(44(6)33(46)27(3)39-4)24-28-10-12-29(13-11-28)56-37(51)41-15-9-17-53-19-21-54-20-18-52-16-8-14-40-36(50)55-22-23-57-38/h10-13,26-27,30,32,39H,7-9,14-25H2,1-6H3,(H,40,50)(H,41,51)(H,42,45)(H,48,49)/t26?,27?,30-,32?/m1/s1. The van der Waals surface area contributed by atoms with Crippen LogP contribution in [0.4, 0.5) is 9.59 Å². The molecular weight excluding hydrogens is 879 g/mol. The van der Waals surface area contributed by atoms with Crippen LogP contribution >= 0.6 is 30.1 Å². The molecule has 4 atom stereocenters. The lowest BCUT2D eigenvalue weighted by Crippen LogP contribution is -2.55. The summed E-state index contributed by atoms with van der Waals surface area (Å²) in [5.41, 5.74) is 0.664. The monoisotopic (exact) mass is 940 g/mol. The van der Waals surface area contributed by atoms with Gasteiger partial charge in [0.2, 0.25) is 17.7 Å². The predicted octanol–water partition coefficient (Wildman–Crippen LogP) is 2.47. The van der Waals surface area contributed by atoms with Crippen LogP contribution in [0.3, 0.4) is 0 Å². The number of likely N-dealkylation sites (N-methyl/N-ethyl adjacent to an activating group) is 3. The highest BCUT2D eigenvalue weighted by molar-refractivity contribution is 14.2. The second kappa shape index (κ2) is 30.6. The fourth-order valence-electron chi connectivity index (χ4n) is 4.97. The van der Waals surface area contributed by atoms with E-state index < -0.39 is 54.6 Å². The van der Waals surface area contributed by atoms with Crippen molar-refractivity contribution in [3.8, 4) is 5.75 Å². The van der Waals surface area contributed by atoms with E-state index in [4.69, 9.17) is 23.7 Å². The number of hydrogen-bond donors (Lipinski definition) is 5. The highest BCUT2D eigenvalue weighted by atomic mass is 127. The molecule has 1 aromatic rings. The van der Waals surface area contributed by atoms with E-state index in [2.05, 4.69) is 42.5 Å². The topological polar surface area (TPSA) is 223 Å². The number of rotatable bonds is 30. The molecule has 0 bridgehead atoms. The van der Waals surface area contributed by atoms with Crippen LogP contribution in [0.25, 0.3) is 0 Å². The molecule has 0 aliphatic carbocycles. The van der Waals surface area contributed by atoms with Gasteiger partial charge < -0.3 is 59.9 Å². The van der Waals surface area contributed by atoms with Crippen molar-refractivity contribution in [2.45, 2.75) is 64.6 Å². The molecular formula is C37H61IN6O12S. The van der Waals surface area contributed by atoms with Gasteiger partial charge in [0, 0.05) is 52.6 Å². The minimum Gasteiger partial charge on any atom is -0.480 e. The Morgan fingerprint density at radius 3 is 1.91 bits per heavy atom. The number of nitrogens with one attached hydrogen (secondary N) is 4. The van der Waals surface area contributed by atoms with E-state index in [0.29, 0.717) is 84.2 Å². The van der Waals surface area contributed by atoms with Crippen molar-refractivity contribution in [3.63, 3.8) is 0 Å². The first-order valence-corrected chi connectivity index (χ1v) is 22.4. The molecule has 5 amide bonds. The maximum atomic E-state index is 13.7. The average Bonchev–Trinajstić information content (AvgIpc) is 3.19. The van der Waals surface area contributed by atoms with Gasteiger partial charge in [-0.1, -0.05) is 41.3 Å². The fourth-order valence-corrected chi connectivity index (χ4v) is 5.66. The fraction of sp³-hybridized carbons (Fsp3) is 0.676. The summed E-state index contributed by atoms with van der Waals surface area (Å²) >= 11 is 2.14. The molecule has 20 heteroatoms. The maximum absolute atomic E-state index is 13.7. The van der Waals surface area contributed by atoms with Crippen molar-refractivity contribution in [2.75, 3.05) is 92.8 Å². The Morgan fingerprint density at radius 1 is 0.825 bits per heavy atom. The zero-order valence-corrected chi connectivity index (χ0v) is 36.8. The highest BCUT2D eigenvalue weighted by Gasteiger charge is 2.33. The summed E-state index contributed by atoms with van der Waals surface area (Å²) in [4.78, 5) is 77.5. The summed E-state index contributed by atoms with van der Waals surface area (Å²) in [6, 6.07) is 3.82. The van der Waals surface area contributed by atoms with Crippen LogP contribution in [0, 0.1) is 5.92 Å². The van der Waals surface area contributed by atoms with Gasteiger partial charge in [0.1, 0.15) is 24.4 Å². The van der Waals surface area contributed by atoms with Crippen LogP contribution in [0.1, 0.15) is 45.6 Å². The van der Waals surface area contributed by atoms with Crippen LogP contribution in [0.15, 0.2) is 24.3 Å². The zero-order valence-electron chi connectivity index (χ0n) is 33.8. The second-order valence-electron chi connectivity index (χ2n) is 13.0. The number of carboxylic acid groups (broad SMARTS) is 1. The summed E-state index contributed by atoms with van der Waals surface area (Å²) in [6.07, 6.45) is 0.775. The van der Waals surface area contributed by atoms with Gasteiger partial charge in [-0.15, -0.1) is 0 Å². The van der Waals surface area contributed by atoms with Gasteiger partial charge in [0.25, 0.3) is 0 Å². The Morgan fingerprint density at radius 2 is 1.39 bits per heavy atom. The Labute approximate surface area is 352 Å². The molecule has 18 nitrogen and oxygen atoms in total. The van der Waals surface area contributed by atoms with E-state index in [1.807, 2.05) is 6.92 Å². The molecule has 0 aromatic heterocycles. The number of nitrogens with zero attached hydrogens (tertiary/aromatic N) is 2. The molecule has 5 N–H and O–H groups in total. The molecule has 1 aromatic carbocycles. The Kier molecular flexibility index (Phi) is 27.7. The first-order chi connectivity index (χ1) is 27.2. The minimum atomic E-state index is -1.16. The normalized spacial score (nSPS) is 13.0. The molecule has 0 aliphatic rings. The van der Waals surface area contributed by atoms with Crippen LogP contribution in [0.2, 0.25) is 0 Å². The Hall–Kier alpha value is -3.44. The van der Waals surface area contributed by atoms with Crippen molar-refractivity contribution >= 4 is 66.0 Å². The third-order valence-electron chi connectivity index (χ3n) is 8.63. The van der Waals surface area contributed by atoms with Crippen LogP contribution in [-0.2, 0) is 44.5 Å². The number of alkyl carbamates (subject to hydrolysis) is 1. The van der Waals surface area contributed by atoms with Gasteiger partial charge in [-0.3, -0.25) is 14.4 Å². The third-order valence-corrected chi connectivity index (χ3v) is 10.3. The summed E-state index contributed by atoms with van der Waals surface area (Å²) in [5, 5.41) is 20.2. The largest absolute Gasteiger partial charge is 0.480 e. The van der Waals surface area contributed by atoms with Crippen molar-refractivity contribution < 1.29 is 57.6 Å². The van der Waals surface area contributed by atoms with E-state index >= 15 is 0 Å². The average molecular weight is 941 g/mol. The van der Waals surface area contributed by atoms with Crippen LogP contribution < -0.4 is 26.0 Å². The van der Waals surface area contributed by atoms with Crippen molar-refractivity contribution in [3.05, 3.63) is 29.8 Å². The Bertz CT molecular complexity index is 1360. The number of ether oxygens (including phenoxy) is 5. The van der Waals surface area contributed by atoms with E-state index in [-0.39, 0.29) is 24.0 Å². The van der Waals surface area contributed by atoms with Gasteiger partial charge in [0.15, 0.2) is 0 Å². The molecule has 0 saturated heterocycles. The summed E-state index contributed by atoms with van der Waals surface area (Å²) in [5.74, 6) is -1.95. The van der Waals surface area contributed by atoms with Gasteiger partial charge in [0.05, 0.1) is 39.0 Å². The lowest BCUT2D eigenvalue weighted by Gasteiger charge is -2.32. The number of benzene rings is 1. The lowest BCUT2D eigenvalue weighted by atomic mass is 9.99. The number of halogens is 1. The van der Waals surface area contributed by atoms with E-state index in [0.717, 1.165) is 5.75 Å². The molecule has 1 rings (SSSR count). The molecule has 0 aliphatic heterocycles. The van der Waals surface area contributed by atoms with E-state index in [1.54, 1.807) is 54.1 Å². The van der Waals surface area contributed by atoms with Gasteiger partial charge >= 0.3 is 18.2 Å². The molecule has 0 spiro atoms. The minimum absolute atomic E-state index is 0.0938. The van der Waals surface area contributed by atoms with Crippen LogP contribution in [-0.4, -0.2) is 162 Å². The number of carbonyl (C=O) groups excluding carboxylic acids is 5. The molecule has 3 unspecified atom stereocenters. The van der Waals surface area contributed by atoms with Crippen molar-refractivity contribution in [1.82, 2.24) is 31.1 Å². The number of carboxylic acids is 1. The first kappa shape index (κ1) is 51.6. The summed E-state index contributed by atoms with van der Waals surface area (Å²) in [7, 11) is 6.13. The number of carbonyl (C=O) groups is 6. The zero-order chi connectivity index (χ0) is 42.6. The predicted molar refractivity (Wildman–Crippen MR) is 223 cm³/mol. The van der Waals surface area contributed by atoms with Gasteiger partial charge in [-0.2, -0.15) is 0 Å². The van der Waals surface area contributed by atoms with E-state index in [9.17, 15) is 33.9 Å². The molecule has 0 heterocycles. The number of hydrogen-bond acceptors (Lipinski definition) is 13. The lowest BCUT2D eigenvalue weighted by molar-refractivity contribution is -0.147. The SMILES string of the molecule is CCC(C)C(NC(=O)CN(C)C(=O)[C@@H](Cc1ccc(OC(=O)NCCCOCCOCCOCCCNC(=O)OCCSI)cc1)N(C)C(=O)C(C)NC)C(=O)O.